The van der Waals surface area contributed by atoms with Gasteiger partial charge in [0.25, 0.3) is 0 Å². The third kappa shape index (κ3) is 11.0. The molecule has 0 aliphatic rings. The van der Waals surface area contributed by atoms with E-state index in [9.17, 15) is 15.0 Å². The van der Waals surface area contributed by atoms with Crippen LogP contribution in [0.15, 0.2) is 12.1 Å². The monoisotopic (exact) mass is 460 g/mol. The van der Waals surface area contributed by atoms with Crippen molar-refractivity contribution >= 4 is 5.97 Å². The van der Waals surface area contributed by atoms with E-state index in [2.05, 4.69) is 54.5 Å². The van der Waals surface area contributed by atoms with Crippen molar-refractivity contribution in [3.8, 4) is 5.75 Å². The van der Waals surface area contributed by atoms with Gasteiger partial charge in [-0.15, -0.1) is 0 Å². The van der Waals surface area contributed by atoms with Crippen LogP contribution in [0.1, 0.15) is 142 Å². The fourth-order valence-electron chi connectivity index (χ4n) is 4.49. The topological polar surface area (TPSA) is 57.5 Å². The SMILES string of the molecule is CCCCCCCCCCCCCC(Cc1cc(C(C)(C)C)cc(C(C)(C)C)c1O)C(=O)O. The fourth-order valence-corrected chi connectivity index (χ4v) is 4.49. The minimum atomic E-state index is -0.750. The smallest absolute Gasteiger partial charge is 0.306 e. The van der Waals surface area contributed by atoms with Gasteiger partial charge in [0.05, 0.1) is 5.92 Å². The highest BCUT2D eigenvalue weighted by molar-refractivity contribution is 5.70. The first kappa shape index (κ1) is 29.5. The van der Waals surface area contributed by atoms with Crippen molar-refractivity contribution in [3.05, 3.63) is 28.8 Å². The molecule has 0 fully saturated rings. The second-order valence-electron chi connectivity index (χ2n) is 12.1. The molecule has 190 valence electrons. The number of rotatable bonds is 15. The summed E-state index contributed by atoms with van der Waals surface area (Å²) in [4.78, 5) is 12.0. The van der Waals surface area contributed by atoms with Crippen LogP contribution in [0.2, 0.25) is 0 Å². The van der Waals surface area contributed by atoms with Crippen molar-refractivity contribution in [3.63, 3.8) is 0 Å². The average Bonchev–Trinajstić information content (AvgIpc) is 2.70. The molecule has 1 aromatic rings. The minimum absolute atomic E-state index is 0.0584. The standard InChI is InChI=1S/C30H52O3/c1-8-9-10-11-12-13-14-15-16-17-18-19-23(28(32)33)20-24-21-25(29(2,3)4)22-26(27(24)31)30(5,6)7/h21-23,31H,8-20H2,1-7H3,(H,32,33). The highest BCUT2D eigenvalue weighted by Gasteiger charge is 2.27. The van der Waals surface area contributed by atoms with E-state index in [1.54, 1.807) is 0 Å². The molecule has 1 aromatic carbocycles. The average molecular weight is 461 g/mol. The first-order valence-corrected chi connectivity index (χ1v) is 13.5. The van der Waals surface area contributed by atoms with Crippen LogP contribution in [0.25, 0.3) is 0 Å². The van der Waals surface area contributed by atoms with E-state index in [0.29, 0.717) is 12.8 Å². The molecule has 0 heterocycles. The quantitative estimate of drug-likeness (QED) is 0.257. The molecule has 0 aliphatic carbocycles. The Balaban J connectivity index is 2.64. The molecule has 0 aromatic heterocycles. The maximum atomic E-state index is 12.0. The molecule has 1 atom stereocenters. The number of hydrogen-bond donors (Lipinski definition) is 2. The Hall–Kier alpha value is -1.51. The Morgan fingerprint density at radius 2 is 1.27 bits per heavy atom. The van der Waals surface area contributed by atoms with Gasteiger partial charge in [-0.3, -0.25) is 4.79 Å². The summed E-state index contributed by atoms with van der Waals surface area (Å²) in [6.07, 6.45) is 15.0. The van der Waals surface area contributed by atoms with E-state index >= 15 is 0 Å². The molecule has 3 heteroatoms. The van der Waals surface area contributed by atoms with Gasteiger partial charge in [0, 0.05) is 0 Å². The molecule has 33 heavy (non-hydrogen) atoms. The third-order valence-corrected chi connectivity index (χ3v) is 6.83. The predicted molar refractivity (Wildman–Crippen MR) is 141 cm³/mol. The predicted octanol–water partition coefficient (Wildman–Crippen LogP) is 8.93. The Labute approximate surface area is 204 Å². The van der Waals surface area contributed by atoms with Gasteiger partial charge in [-0.1, -0.05) is 131 Å². The van der Waals surface area contributed by atoms with Crippen molar-refractivity contribution in [1.29, 1.82) is 0 Å². The van der Waals surface area contributed by atoms with E-state index in [1.807, 2.05) is 6.07 Å². The molecule has 3 nitrogen and oxygen atoms in total. The molecule has 0 spiro atoms. The van der Waals surface area contributed by atoms with Crippen molar-refractivity contribution in [2.75, 3.05) is 0 Å². The zero-order chi connectivity index (χ0) is 25.1. The van der Waals surface area contributed by atoms with E-state index in [-0.39, 0.29) is 16.6 Å². The number of carbonyl (C=O) groups is 1. The molecule has 1 rings (SSSR count). The Kier molecular flexibility index (Phi) is 12.5. The van der Waals surface area contributed by atoms with Gasteiger partial charge in [0.1, 0.15) is 5.75 Å². The van der Waals surface area contributed by atoms with Crippen molar-refractivity contribution in [2.45, 2.75) is 143 Å². The fraction of sp³-hybridized carbons (Fsp3) is 0.767. The number of carboxylic acid groups (broad SMARTS) is 1. The number of hydrogen-bond acceptors (Lipinski definition) is 2. The lowest BCUT2D eigenvalue weighted by molar-refractivity contribution is -0.142. The van der Waals surface area contributed by atoms with Crippen LogP contribution in [0, 0.1) is 5.92 Å². The molecular formula is C30H52O3. The summed E-state index contributed by atoms with van der Waals surface area (Å²) in [6, 6.07) is 4.12. The number of unbranched alkanes of at least 4 members (excludes halogenated alkanes) is 10. The maximum absolute atomic E-state index is 12.0. The van der Waals surface area contributed by atoms with Crippen LogP contribution in [0.3, 0.4) is 0 Å². The van der Waals surface area contributed by atoms with Gasteiger partial charge < -0.3 is 10.2 Å². The van der Waals surface area contributed by atoms with Crippen molar-refractivity contribution < 1.29 is 15.0 Å². The van der Waals surface area contributed by atoms with Crippen LogP contribution in [0.5, 0.6) is 5.75 Å². The van der Waals surface area contributed by atoms with Crippen molar-refractivity contribution in [1.82, 2.24) is 0 Å². The zero-order valence-corrected chi connectivity index (χ0v) is 22.7. The van der Waals surface area contributed by atoms with Gasteiger partial charge >= 0.3 is 5.97 Å². The van der Waals surface area contributed by atoms with Gasteiger partial charge in [-0.05, 0) is 40.4 Å². The molecule has 1 unspecified atom stereocenters. The summed E-state index contributed by atoms with van der Waals surface area (Å²) in [5, 5.41) is 20.9. The summed E-state index contributed by atoms with van der Waals surface area (Å²) in [5.41, 5.74) is 2.58. The van der Waals surface area contributed by atoms with Crippen LogP contribution in [-0.2, 0) is 22.0 Å². The summed E-state index contributed by atoms with van der Waals surface area (Å²) < 4.78 is 0. The van der Waals surface area contributed by atoms with E-state index in [4.69, 9.17) is 0 Å². The molecule has 0 saturated carbocycles. The summed E-state index contributed by atoms with van der Waals surface area (Å²) in [6.45, 7) is 15.0. The lowest BCUT2D eigenvalue weighted by Crippen LogP contribution is -2.20. The molecule has 0 amide bonds. The van der Waals surface area contributed by atoms with E-state index in [0.717, 1.165) is 29.5 Å². The molecule has 0 radical (unpaired) electrons. The maximum Gasteiger partial charge on any atom is 0.306 e. The molecule has 0 aliphatic heterocycles. The second kappa shape index (κ2) is 14.0. The number of phenolic OH excluding ortho intramolecular Hbond substituents is 1. The molecular weight excluding hydrogens is 408 g/mol. The van der Waals surface area contributed by atoms with Crippen LogP contribution in [-0.4, -0.2) is 16.2 Å². The van der Waals surface area contributed by atoms with Gasteiger partial charge in [-0.2, -0.15) is 0 Å². The van der Waals surface area contributed by atoms with Gasteiger partial charge in [0.15, 0.2) is 0 Å². The zero-order valence-electron chi connectivity index (χ0n) is 22.7. The number of carboxylic acids is 1. The number of aliphatic carboxylic acids is 1. The minimum Gasteiger partial charge on any atom is -0.507 e. The molecule has 2 N–H and O–H groups in total. The summed E-state index contributed by atoms with van der Waals surface area (Å²) in [7, 11) is 0. The van der Waals surface area contributed by atoms with Gasteiger partial charge in [-0.25, -0.2) is 0 Å². The Morgan fingerprint density at radius 3 is 1.70 bits per heavy atom. The number of aromatic hydroxyl groups is 1. The van der Waals surface area contributed by atoms with Gasteiger partial charge in [0.2, 0.25) is 0 Å². The Morgan fingerprint density at radius 1 is 0.788 bits per heavy atom. The molecule has 0 saturated heterocycles. The first-order chi connectivity index (χ1) is 15.4. The lowest BCUT2D eigenvalue weighted by atomic mass is 9.77. The van der Waals surface area contributed by atoms with E-state index < -0.39 is 11.9 Å². The van der Waals surface area contributed by atoms with Crippen LogP contribution in [0.4, 0.5) is 0 Å². The largest absolute Gasteiger partial charge is 0.507 e. The third-order valence-electron chi connectivity index (χ3n) is 6.83. The second-order valence-corrected chi connectivity index (χ2v) is 12.1. The van der Waals surface area contributed by atoms with E-state index in [1.165, 1.54) is 57.8 Å². The lowest BCUT2D eigenvalue weighted by Gasteiger charge is -2.28. The highest BCUT2D eigenvalue weighted by Crippen LogP contribution is 2.39. The normalized spacial score (nSPS) is 13.3. The van der Waals surface area contributed by atoms with Crippen LogP contribution < -0.4 is 0 Å². The number of phenols is 1. The Bertz CT molecular complexity index is 706. The van der Waals surface area contributed by atoms with Crippen molar-refractivity contribution in [2.24, 2.45) is 5.92 Å². The molecule has 0 bridgehead atoms. The van der Waals surface area contributed by atoms with Crippen LogP contribution >= 0.6 is 0 Å². The summed E-state index contributed by atoms with van der Waals surface area (Å²) >= 11 is 0. The number of benzene rings is 1. The summed E-state index contributed by atoms with van der Waals surface area (Å²) in [5.74, 6) is -0.918. The highest BCUT2D eigenvalue weighted by atomic mass is 16.4. The first-order valence-electron chi connectivity index (χ1n) is 13.5.